The molecule has 61 heavy (non-hydrogen) atoms. The molecule has 0 saturated carbocycles. The van der Waals surface area contributed by atoms with Crippen LogP contribution in [0.25, 0.3) is 0 Å². The van der Waals surface area contributed by atoms with Crippen molar-refractivity contribution in [3.05, 3.63) is 36.5 Å². The maximum absolute atomic E-state index is 12.8. The molecule has 356 valence electrons. The maximum Gasteiger partial charge on any atom is 0.306 e. The lowest BCUT2D eigenvalue weighted by Gasteiger charge is -2.18. The summed E-state index contributed by atoms with van der Waals surface area (Å²) < 4.78 is 16.8. The first kappa shape index (κ1) is 58.6. The Kier molecular flexibility index (Phi) is 48.3. The van der Waals surface area contributed by atoms with Crippen LogP contribution < -0.4 is 0 Å². The minimum absolute atomic E-state index is 0.0722. The summed E-state index contributed by atoms with van der Waals surface area (Å²) >= 11 is 0. The minimum atomic E-state index is -0.771. The summed E-state index contributed by atoms with van der Waals surface area (Å²) in [5.74, 6) is -0.874. The molecular formula is C55H100O6. The molecule has 0 aromatic carbocycles. The molecule has 6 heteroatoms. The first-order valence-electron chi connectivity index (χ1n) is 26.5. The van der Waals surface area contributed by atoms with Crippen LogP contribution >= 0.6 is 0 Å². The molecule has 0 radical (unpaired) electrons. The van der Waals surface area contributed by atoms with Crippen LogP contribution in [0.1, 0.15) is 278 Å². The van der Waals surface area contributed by atoms with Crippen LogP contribution in [-0.4, -0.2) is 37.2 Å². The molecule has 0 bridgehead atoms. The van der Waals surface area contributed by atoms with Gasteiger partial charge in [0, 0.05) is 19.3 Å². The van der Waals surface area contributed by atoms with Gasteiger partial charge in [-0.1, -0.05) is 243 Å². The predicted octanol–water partition coefficient (Wildman–Crippen LogP) is 17.3. The van der Waals surface area contributed by atoms with Crippen molar-refractivity contribution in [1.82, 2.24) is 0 Å². The fourth-order valence-electron chi connectivity index (χ4n) is 7.69. The van der Waals surface area contributed by atoms with E-state index < -0.39 is 6.10 Å². The lowest BCUT2D eigenvalue weighted by Crippen LogP contribution is -2.30. The summed E-state index contributed by atoms with van der Waals surface area (Å²) in [6, 6.07) is 0. The fourth-order valence-corrected chi connectivity index (χ4v) is 7.69. The molecule has 0 aromatic heterocycles. The monoisotopic (exact) mass is 857 g/mol. The van der Waals surface area contributed by atoms with Crippen molar-refractivity contribution >= 4 is 17.9 Å². The van der Waals surface area contributed by atoms with Crippen molar-refractivity contribution < 1.29 is 28.6 Å². The van der Waals surface area contributed by atoms with E-state index in [1.165, 1.54) is 154 Å². The second-order valence-corrected chi connectivity index (χ2v) is 17.8. The van der Waals surface area contributed by atoms with Gasteiger partial charge in [-0.25, -0.2) is 0 Å². The van der Waals surface area contributed by atoms with Crippen LogP contribution in [-0.2, 0) is 28.6 Å². The normalized spacial score (nSPS) is 12.2. The minimum Gasteiger partial charge on any atom is -0.462 e. The van der Waals surface area contributed by atoms with E-state index >= 15 is 0 Å². The fraction of sp³-hybridized carbons (Fsp3) is 0.836. The molecule has 0 aliphatic heterocycles. The molecule has 1 unspecified atom stereocenters. The summed E-state index contributed by atoms with van der Waals surface area (Å²) in [6.07, 6.45) is 58.5. The number of carbonyl (C=O) groups excluding carboxylic acids is 3. The third-order valence-electron chi connectivity index (χ3n) is 11.7. The highest BCUT2D eigenvalue weighted by atomic mass is 16.6. The average molecular weight is 857 g/mol. The number of carbonyl (C=O) groups is 3. The van der Waals surface area contributed by atoms with Gasteiger partial charge in [-0.05, 0) is 51.4 Å². The van der Waals surface area contributed by atoms with Crippen molar-refractivity contribution in [2.24, 2.45) is 0 Å². The molecule has 0 spiro atoms. The Labute approximate surface area is 378 Å². The van der Waals surface area contributed by atoms with Gasteiger partial charge in [-0.2, -0.15) is 0 Å². The Hall–Kier alpha value is -2.37. The first-order valence-corrected chi connectivity index (χ1v) is 26.5. The molecule has 0 saturated heterocycles. The van der Waals surface area contributed by atoms with E-state index in [1.54, 1.807) is 0 Å². The topological polar surface area (TPSA) is 78.9 Å². The number of esters is 3. The Morgan fingerprint density at radius 3 is 1.00 bits per heavy atom. The molecule has 0 heterocycles. The van der Waals surface area contributed by atoms with Crippen LogP contribution in [0.2, 0.25) is 0 Å². The molecule has 0 rings (SSSR count). The van der Waals surface area contributed by atoms with Gasteiger partial charge in [-0.15, -0.1) is 0 Å². The molecular weight excluding hydrogens is 757 g/mol. The number of ether oxygens (including phenoxy) is 3. The van der Waals surface area contributed by atoms with Gasteiger partial charge in [0.2, 0.25) is 0 Å². The first-order chi connectivity index (χ1) is 30.0. The van der Waals surface area contributed by atoms with Gasteiger partial charge in [0.05, 0.1) is 0 Å². The van der Waals surface area contributed by atoms with E-state index in [0.717, 1.165) is 83.5 Å². The molecule has 0 amide bonds. The quantitative estimate of drug-likeness (QED) is 0.0262. The van der Waals surface area contributed by atoms with Gasteiger partial charge >= 0.3 is 17.9 Å². The largest absolute Gasteiger partial charge is 0.462 e. The zero-order valence-corrected chi connectivity index (χ0v) is 40.7. The highest BCUT2D eigenvalue weighted by Crippen LogP contribution is 2.16. The average Bonchev–Trinajstić information content (AvgIpc) is 3.26. The predicted molar refractivity (Wildman–Crippen MR) is 261 cm³/mol. The Morgan fingerprint density at radius 1 is 0.344 bits per heavy atom. The van der Waals surface area contributed by atoms with Crippen LogP contribution in [0.3, 0.4) is 0 Å². The number of unbranched alkanes of at least 4 members (excludes halogenated alkanes) is 31. The molecule has 0 aliphatic carbocycles. The molecule has 6 nitrogen and oxygen atoms in total. The van der Waals surface area contributed by atoms with Gasteiger partial charge in [-0.3, -0.25) is 14.4 Å². The smallest absolute Gasteiger partial charge is 0.306 e. The van der Waals surface area contributed by atoms with E-state index in [1.807, 2.05) is 0 Å². The van der Waals surface area contributed by atoms with Gasteiger partial charge < -0.3 is 14.2 Å². The maximum atomic E-state index is 12.8. The SMILES string of the molecule is CC/C=C\C/C=C\C/C=C\CCCCCCCCCC(=O)OC(COC(=O)CCCCCCCCCC)COC(=O)CCCCCCCCCCCCCCCCCCCC. The van der Waals surface area contributed by atoms with Crippen LogP contribution in [0.15, 0.2) is 36.5 Å². The summed E-state index contributed by atoms with van der Waals surface area (Å²) in [7, 11) is 0. The number of rotatable bonds is 48. The second kappa shape index (κ2) is 50.3. The van der Waals surface area contributed by atoms with Crippen molar-refractivity contribution in [3.63, 3.8) is 0 Å². The zero-order valence-electron chi connectivity index (χ0n) is 40.7. The molecule has 0 aromatic rings. The standard InChI is InChI=1S/C55H100O6/c1-4-7-10-13-16-19-21-23-25-27-29-30-32-34-36-39-42-45-48-54(57)60-51-52(50-59-53(56)47-44-41-38-18-15-12-9-6-3)61-55(58)49-46-43-40-37-35-33-31-28-26-24-22-20-17-14-11-8-5-2/h8,11,17,20,24,26,52H,4-7,9-10,12-16,18-19,21-23,25,27-51H2,1-3H3/b11-8-,20-17-,26-24-. The van der Waals surface area contributed by atoms with E-state index in [-0.39, 0.29) is 31.1 Å². The van der Waals surface area contributed by atoms with Gasteiger partial charge in [0.15, 0.2) is 6.10 Å². The third kappa shape index (κ3) is 48.5. The Bertz CT molecular complexity index is 1030. The number of hydrogen-bond acceptors (Lipinski definition) is 6. The van der Waals surface area contributed by atoms with E-state index in [0.29, 0.717) is 19.3 Å². The molecule has 0 aliphatic rings. The van der Waals surface area contributed by atoms with Crippen LogP contribution in [0.5, 0.6) is 0 Å². The lowest BCUT2D eigenvalue weighted by atomic mass is 10.0. The summed E-state index contributed by atoms with van der Waals surface area (Å²) in [6.45, 7) is 6.52. The summed E-state index contributed by atoms with van der Waals surface area (Å²) in [5, 5.41) is 0. The highest BCUT2D eigenvalue weighted by molar-refractivity contribution is 5.71. The van der Waals surface area contributed by atoms with E-state index in [2.05, 4.69) is 57.2 Å². The van der Waals surface area contributed by atoms with Crippen LogP contribution in [0, 0.1) is 0 Å². The van der Waals surface area contributed by atoms with Crippen molar-refractivity contribution in [3.8, 4) is 0 Å². The Balaban J connectivity index is 4.25. The third-order valence-corrected chi connectivity index (χ3v) is 11.7. The number of hydrogen-bond donors (Lipinski definition) is 0. The Morgan fingerprint density at radius 2 is 0.639 bits per heavy atom. The second-order valence-electron chi connectivity index (χ2n) is 17.8. The van der Waals surface area contributed by atoms with Crippen molar-refractivity contribution in [1.29, 1.82) is 0 Å². The molecule has 0 fully saturated rings. The van der Waals surface area contributed by atoms with E-state index in [4.69, 9.17) is 14.2 Å². The van der Waals surface area contributed by atoms with Gasteiger partial charge in [0.25, 0.3) is 0 Å². The summed E-state index contributed by atoms with van der Waals surface area (Å²) in [4.78, 5) is 37.9. The highest BCUT2D eigenvalue weighted by Gasteiger charge is 2.19. The number of allylic oxidation sites excluding steroid dienone is 6. The lowest BCUT2D eigenvalue weighted by molar-refractivity contribution is -0.167. The van der Waals surface area contributed by atoms with Crippen molar-refractivity contribution in [2.75, 3.05) is 13.2 Å². The van der Waals surface area contributed by atoms with E-state index in [9.17, 15) is 14.4 Å². The summed E-state index contributed by atoms with van der Waals surface area (Å²) in [5.41, 5.74) is 0. The molecule has 1 atom stereocenters. The van der Waals surface area contributed by atoms with Gasteiger partial charge in [0.1, 0.15) is 13.2 Å². The zero-order chi connectivity index (χ0) is 44.4. The van der Waals surface area contributed by atoms with Crippen LogP contribution in [0.4, 0.5) is 0 Å². The molecule has 0 N–H and O–H groups in total. The van der Waals surface area contributed by atoms with Crippen molar-refractivity contribution in [2.45, 2.75) is 284 Å².